The van der Waals surface area contributed by atoms with Crippen LogP contribution in [0.3, 0.4) is 0 Å². The summed E-state index contributed by atoms with van der Waals surface area (Å²) in [6.07, 6.45) is 0.580. The topological polar surface area (TPSA) is 123 Å². The Hall–Kier alpha value is -4.93. The van der Waals surface area contributed by atoms with Gasteiger partial charge in [-0.3, -0.25) is 4.79 Å². The zero-order valence-electron chi connectivity index (χ0n) is 21.2. The molecule has 0 fully saturated rings. The lowest BCUT2D eigenvalue weighted by molar-refractivity contribution is -0.130. The number of carbonyl (C=O) groups excluding carboxylic acids is 2. The largest absolute Gasteiger partial charge is 0.493 e. The summed E-state index contributed by atoms with van der Waals surface area (Å²) in [6.45, 7) is 0.0677. The number of rotatable bonds is 9. The highest BCUT2D eigenvalue weighted by Crippen LogP contribution is 2.39. The van der Waals surface area contributed by atoms with Gasteiger partial charge in [0.25, 0.3) is 5.91 Å². The first-order valence-electron chi connectivity index (χ1n) is 11.4. The van der Waals surface area contributed by atoms with Crippen LogP contribution in [0, 0.1) is 0 Å². The number of carbonyl (C=O) groups is 2. The van der Waals surface area contributed by atoms with Crippen LogP contribution in [0.1, 0.15) is 15.9 Å². The number of ether oxygens (including phenoxy) is 7. The minimum atomic E-state index is -0.839. The first kappa shape index (κ1) is 26.1. The van der Waals surface area contributed by atoms with Gasteiger partial charge in [-0.1, -0.05) is 12.1 Å². The maximum absolute atomic E-state index is 12.9. The van der Waals surface area contributed by atoms with Gasteiger partial charge in [0, 0.05) is 0 Å². The third-order valence-corrected chi connectivity index (χ3v) is 5.48. The predicted octanol–water partition coefficient (Wildman–Crippen LogP) is 3.23. The summed E-state index contributed by atoms with van der Waals surface area (Å²) in [5.41, 5.74) is 3.20. The molecular weight excluding hydrogens is 496 g/mol. The van der Waals surface area contributed by atoms with Crippen molar-refractivity contribution in [3.05, 3.63) is 65.7 Å². The predicted molar refractivity (Wildman–Crippen MR) is 136 cm³/mol. The molecule has 1 amide bonds. The van der Waals surface area contributed by atoms with Gasteiger partial charge in [0.15, 0.2) is 34.5 Å². The van der Waals surface area contributed by atoms with E-state index in [2.05, 4.69) is 10.5 Å². The Bertz CT molecular complexity index is 1330. The molecule has 1 aliphatic heterocycles. The van der Waals surface area contributed by atoms with Gasteiger partial charge in [0.1, 0.15) is 6.61 Å². The SMILES string of the molecule is COc1cc(/C=N/NC(=O)C2COc3ccccc3O2)ccc1OC(=O)c1cc(OC)c(OC)c(OC)c1. The Kier molecular flexibility index (Phi) is 8.17. The first-order valence-corrected chi connectivity index (χ1v) is 11.4. The van der Waals surface area contributed by atoms with Gasteiger partial charge in [-0.15, -0.1) is 0 Å². The normalized spacial score (nSPS) is 13.9. The van der Waals surface area contributed by atoms with Gasteiger partial charge < -0.3 is 33.2 Å². The van der Waals surface area contributed by atoms with E-state index in [1.807, 2.05) is 6.07 Å². The molecule has 38 heavy (non-hydrogen) atoms. The zero-order valence-corrected chi connectivity index (χ0v) is 21.2. The van der Waals surface area contributed by atoms with Crippen molar-refractivity contribution in [2.24, 2.45) is 5.10 Å². The van der Waals surface area contributed by atoms with E-state index in [0.717, 1.165) is 0 Å². The van der Waals surface area contributed by atoms with E-state index in [9.17, 15) is 9.59 Å². The van der Waals surface area contributed by atoms with Crippen molar-refractivity contribution in [3.63, 3.8) is 0 Å². The Balaban J connectivity index is 1.41. The molecule has 0 aliphatic carbocycles. The summed E-state index contributed by atoms with van der Waals surface area (Å²) in [5.74, 6) is 1.39. The number of esters is 1. The van der Waals surface area contributed by atoms with Crippen LogP contribution < -0.4 is 38.6 Å². The second kappa shape index (κ2) is 11.9. The molecule has 1 N–H and O–H groups in total. The smallest absolute Gasteiger partial charge is 0.343 e. The maximum Gasteiger partial charge on any atom is 0.343 e. The van der Waals surface area contributed by atoms with Crippen molar-refractivity contribution >= 4 is 18.1 Å². The molecule has 3 aromatic rings. The molecule has 0 saturated heterocycles. The Labute approximate surface area is 218 Å². The van der Waals surface area contributed by atoms with Gasteiger partial charge in [-0.25, -0.2) is 10.2 Å². The zero-order chi connectivity index (χ0) is 27.1. The van der Waals surface area contributed by atoms with Crippen molar-refractivity contribution in [2.45, 2.75) is 6.10 Å². The summed E-state index contributed by atoms with van der Waals surface area (Å²) in [6, 6.07) is 14.9. The summed E-state index contributed by atoms with van der Waals surface area (Å²) in [5, 5.41) is 3.98. The maximum atomic E-state index is 12.9. The second-order valence-corrected chi connectivity index (χ2v) is 7.81. The fourth-order valence-corrected chi connectivity index (χ4v) is 3.60. The fraction of sp³-hybridized carbons (Fsp3) is 0.222. The number of hydrazone groups is 1. The lowest BCUT2D eigenvalue weighted by Gasteiger charge is -2.24. The van der Waals surface area contributed by atoms with Crippen LogP contribution in [-0.2, 0) is 4.79 Å². The monoisotopic (exact) mass is 522 g/mol. The van der Waals surface area contributed by atoms with E-state index in [1.165, 1.54) is 46.8 Å². The second-order valence-electron chi connectivity index (χ2n) is 7.81. The molecule has 0 radical (unpaired) electrons. The van der Waals surface area contributed by atoms with Gasteiger partial charge in [0.2, 0.25) is 11.9 Å². The molecule has 4 rings (SSSR count). The molecular formula is C27H26N2O9. The quantitative estimate of drug-likeness (QED) is 0.195. The van der Waals surface area contributed by atoms with Crippen LogP contribution in [0.25, 0.3) is 0 Å². The van der Waals surface area contributed by atoms with E-state index < -0.39 is 18.0 Å². The first-order chi connectivity index (χ1) is 18.5. The van der Waals surface area contributed by atoms with Crippen LogP contribution in [0.15, 0.2) is 59.7 Å². The van der Waals surface area contributed by atoms with Crippen LogP contribution in [-0.4, -0.2) is 59.2 Å². The Morgan fingerprint density at radius 3 is 2.21 bits per heavy atom. The molecule has 0 aromatic heterocycles. The summed E-state index contributed by atoms with van der Waals surface area (Å²) >= 11 is 0. The third kappa shape index (κ3) is 5.72. The van der Waals surface area contributed by atoms with Crippen LogP contribution in [0.5, 0.6) is 40.2 Å². The van der Waals surface area contributed by atoms with E-state index >= 15 is 0 Å². The molecule has 198 valence electrons. The van der Waals surface area contributed by atoms with Gasteiger partial charge in [-0.2, -0.15) is 5.10 Å². The molecule has 11 heteroatoms. The van der Waals surface area contributed by atoms with Crippen LogP contribution in [0.4, 0.5) is 0 Å². The van der Waals surface area contributed by atoms with Crippen molar-refractivity contribution in [2.75, 3.05) is 35.0 Å². The number of nitrogens with zero attached hydrogens (tertiary/aromatic N) is 1. The molecule has 0 bridgehead atoms. The van der Waals surface area contributed by atoms with Gasteiger partial charge >= 0.3 is 5.97 Å². The number of amides is 1. The molecule has 0 saturated carbocycles. The van der Waals surface area contributed by atoms with E-state index in [0.29, 0.717) is 34.3 Å². The van der Waals surface area contributed by atoms with Crippen molar-refractivity contribution < 1.29 is 42.7 Å². The molecule has 3 aromatic carbocycles. The highest BCUT2D eigenvalue weighted by Gasteiger charge is 2.27. The van der Waals surface area contributed by atoms with Gasteiger partial charge in [0.05, 0.1) is 40.2 Å². The average molecular weight is 523 g/mol. The molecule has 1 aliphatic rings. The average Bonchev–Trinajstić information content (AvgIpc) is 2.96. The molecule has 0 spiro atoms. The number of hydrogen-bond acceptors (Lipinski definition) is 10. The number of fused-ring (bicyclic) bond motifs is 1. The highest BCUT2D eigenvalue weighted by molar-refractivity contribution is 5.93. The van der Waals surface area contributed by atoms with Crippen LogP contribution in [0.2, 0.25) is 0 Å². The Morgan fingerprint density at radius 2 is 1.55 bits per heavy atom. The van der Waals surface area contributed by atoms with E-state index in [1.54, 1.807) is 36.4 Å². The number of para-hydroxylation sites is 2. The minimum absolute atomic E-state index is 0.0677. The molecule has 11 nitrogen and oxygen atoms in total. The van der Waals surface area contributed by atoms with E-state index in [-0.39, 0.29) is 23.7 Å². The van der Waals surface area contributed by atoms with Crippen molar-refractivity contribution in [1.29, 1.82) is 0 Å². The van der Waals surface area contributed by atoms with E-state index in [4.69, 9.17) is 33.2 Å². The Morgan fingerprint density at radius 1 is 0.868 bits per heavy atom. The molecule has 1 unspecified atom stereocenters. The lowest BCUT2D eigenvalue weighted by atomic mass is 10.1. The number of nitrogens with one attached hydrogen (secondary N) is 1. The summed E-state index contributed by atoms with van der Waals surface area (Å²) in [7, 11) is 5.81. The third-order valence-electron chi connectivity index (χ3n) is 5.48. The van der Waals surface area contributed by atoms with Crippen molar-refractivity contribution in [1.82, 2.24) is 5.43 Å². The van der Waals surface area contributed by atoms with Gasteiger partial charge in [-0.05, 0) is 48.0 Å². The summed E-state index contributed by atoms with van der Waals surface area (Å²) < 4.78 is 38.0. The molecule has 1 atom stereocenters. The fourth-order valence-electron chi connectivity index (χ4n) is 3.60. The standard InChI is InChI=1S/C27H26N2O9/c1-32-21-11-16(14-28-29-26(30)24-15-36-18-7-5-6-8-19(18)37-24)9-10-20(21)38-27(31)17-12-22(33-2)25(35-4)23(13-17)34-3/h5-14,24H,15H2,1-4H3,(H,29,30)/b28-14+. The number of benzene rings is 3. The number of hydrogen-bond donors (Lipinski definition) is 1. The van der Waals surface area contributed by atoms with Crippen LogP contribution >= 0.6 is 0 Å². The summed E-state index contributed by atoms with van der Waals surface area (Å²) in [4.78, 5) is 25.3. The van der Waals surface area contributed by atoms with Crippen molar-refractivity contribution in [3.8, 4) is 40.2 Å². The highest BCUT2D eigenvalue weighted by atomic mass is 16.6. The minimum Gasteiger partial charge on any atom is -0.493 e. The number of methoxy groups -OCH3 is 4. The molecule has 1 heterocycles. The lowest BCUT2D eigenvalue weighted by Crippen LogP contribution is -2.42.